The normalized spacial score (nSPS) is 10.9. The maximum atomic E-state index is 12.7. The van der Waals surface area contributed by atoms with Gasteiger partial charge in [0.15, 0.2) is 11.5 Å². The first kappa shape index (κ1) is 17.8. The first-order valence-corrected chi connectivity index (χ1v) is 8.56. The minimum Gasteiger partial charge on any atom is -0.349 e. The number of carbonyl (C=O) groups is 1. The number of hydrogen-bond donors (Lipinski definition) is 2. The van der Waals surface area contributed by atoms with Gasteiger partial charge in [-0.15, -0.1) is 0 Å². The highest BCUT2D eigenvalue weighted by Crippen LogP contribution is 2.21. The van der Waals surface area contributed by atoms with Crippen molar-refractivity contribution in [3.63, 3.8) is 0 Å². The summed E-state index contributed by atoms with van der Waals surface area (Å²) in [5.41, 5.74) is 3.76. The number of para-hydroxylation sites is 2. The molecule has 1 heterocycles. The molecule has 0 aliphatic heterocycles. The Kier molecular flexibility index (Phi) is 5.43. The molecule has 3 aromatic rings. The van der Waals surface area contributed by atoms with Gasteiger partial charge in [0.25, 0.3) is 5.91 Å². The Labute approximate surface area is 153 Å². The van der Waals surface area contributed by atoms with E-state index in [0.29, 0.717) is 23.6 Å². The van der Waals surface area contributed by atoms with Crippen molar-refractivity contribution in [2.24, 2.45) is 0 Å². The van der Waals surface area contributed by atoms with E-state index in [4.69, 9.17) is 0 Å². The SMILES string of the molecule is Cc1ccc(Nc2nc3ccccc3nc2C(=O)NCCN(C)C)cc1. The van der Waals surface area contributed by atoms with Crippen molar-refractivity contribution in [3.8, 4) is 0 Å². The number of fused-ring (bicyclic) bond motifs is 1. The molecule has 0 unspecified atom stereocenters. The first-order chi connectivity index (χ1) is 12.5. The van der Waals surface area contributed by atoms with E-state index in [2.05, 4.69) is 20.6 Å². The van der Waals surface area contributed by atoms with Crippen LogP contribution in [-0.4, -0.2) is 48.0 Å². The third kappa shape index (κ3) is 4.34. The molecule has 0 bridgehead atoms. The zero-order chi connectivity index (χ0) is 18.5. The van der Waals surface area contributed by atoms with Crippen LogP contribution >= 0.6 is 0 Å². The Balaban J connectivity index is 1.93. The summed E-state index contributed by atoms with van der Waals surface area (Å²) in [6.45, 7) is 3.33. The smallest absolute Gasteiger partial charge is 0.273 e. The predicted molar refractivity (Wildman–Crippen MR) is 105 cm³/mol. The zero-order valence-corrected chi connectivity index (χ0v) is 15.3. The molecule has 0 radical (unpaired) electrons. The van der Waals surface area contributed by atoms with Crippen molar-refractivity contribution in [3.05, 3.63) is 59.8 Å². The number of anilines is 2. The average molecular weight is 349 g/mol. The highest BCUT2D eigenvalue weighted by molar-refractivity contribution is 5.99. The van der Waals surface area contributed by atoms with Crippen LogP contribution in [0, 0.1) is 6.92 Å². The maximum Gasteiger partial charge on any atom is 0.273 e. The van der Waals surface area contributed by atoms with Crippen LogP contribution in [0.25, 0.3) is 11.0 Å². The van der Waals surface area contributed by atoms with Gasteiger partial charge < -0.3 is 15.5 Å². The van der Waals surface area contributed by atoms with Crippen LogP contribution < -0.4 is 10.6 Å². The molecule has 0 aliphatic rings. The molecule has 3 rings (SSSR count). The molecule has 1 amide bonds. The average Bonchev–Trinajstić information content (AvgIpc) is 2.62. The van der Waals surface area contributed by atoms with Gasteiger partial charge in [0.05, 0.1) is 11.0 Å². The van der Waals surface area contributed by atoms with Crippen molar-refractivity contribution in [1.29, 1.82) is 0 Å². The van der Waals surface area contributed by atoms with E-state index >= 15 is 0 Å². The summed E-state index contributed by atoms with van der Waals surface area (Å²) in [5.74, 6) is 0.217. The molecule has 6 nitrogen and oxygen atoms in total. The fourth-order valence-corrected chi connectivity index (χ4v) is 2.50. The summed E-state index contributed by atoms with van der Waals surface area (Å²) in [5, 5.41) is 6.13. The van der Waals surface area contributed by atoms with Gasteiger partial charge in [0.2, 0.25) is 0 Å². The molecule has 0 saturated heterocycles. The second kappa shape index (κ2) is 7.93. The molecule has 0 atom stereocenters. The Bertz CT molecular complexity index is 906. The number of benzene rings is 2. The standard InChI is InChI=1S/C20H23N5O/c1-14-8-10-15(11-9-14)22-19-18(20(26)21-12-13-25(2)3)23-16-6-4-5-7-17(16)24-19/h4-11H,12-13H2,1-3H3,(H,21,26)(H,22,24). The summed E-state index contributed by atoms with van der Waals surface area (Å²) in [6, 6.07) is 15.5. The van der Waals surface area contributed by atoms with Crippen molar-refractivity contribution in [1.82, 2.24) is 20.2 Å². The molecule has 0 saturated carbocycles. The molecule has 0 spiro atoms. The van der Waals surface area contributed by atoms with E-state index in [0.717, 1.165) is 17.7 Å². The van der Waals surface area contributed by atoms with E-state index in [1.54, 1.807) is 0 Å². The van der Waals surface area contributed by atoms with Crippen molar-refractivity contribution >= 4 is 28.4 Å². The molecule has 6 heteroatoms. The van der Waals surface area contributed by atoms with Gasteiger partial charge in [-0.1, -0.05) is 29.8 Å². The van der Waals surface area contributed by atoms with Gasteiger partial charge in [-0.2, -0.15) is 0 Å². The summed E-state index contributed by atoms with van der Waals surface area (Å²) in [6.07, 6.45) is 0. The second-order valence-corrected chi connectivity index (χ2v) is 6.46. The molecule has 26 heavy (non-hydrogen) atoms. The Hall–Kier alpha value is -2.99. The highest BCUT2D eigenvalue weighted by Gasteiger charge is 2.16. The van der Waals surface area contributed by atoms with Crippen LogP contribution in [0.3, 0.4) is 0 Å². The Morgan fingerprint density at radius 1 is 1.00 bits per heavy atom. The molecule has 2 aromatic carbocycles. The minimum atomic E-state index is -0.236. The van der Waals surface area contributed by atoms with Crippen molar-refractivity contribution in [2.45, 2.75) is 6.92 Å². The maximum absolute atomic E-state index is 12.7. The number of nitrogens with zero attached hydrogens (tertiary/aromatic N) is 3. The second-order valence-electron chi connectivity index (χ2n) is 6.46. The van der Waals surface area contributed by atoms with Gasteiger partial charge in [0, 0.05) is 18.8 Å². The molecule has 0 aliphatic carbocycles. The molecule has 1 aromatic heterocycles. The van der Waals surface area contributed by atoms with E-state index in [9.17, 15) is 4.79 Å². The van der Waals surface area contributed by atoms with Crippen LogP contribution in [0.1, 0.15) is 16.1 Å². The molecule has 2 N–H and O–H groups in total. The van der Waals surface area contributed by atoms with Crippen LogP contribution in [0.4, 0.5) is 11.5 Å². The highest BCUT2D eigenvalue weighted by atomic mass is 16.1. The summed E-state index contributed by atoms with van der Waals surface area (Å²) >= 11 is 0. The molecular weight excluding hydrogens is 326 g/mol. The number of rotatable bonds is 6. The zero-order valence-electron chi connectivity index (χ0n) is 15.3. The lowest BCUT2D eigenvalue weighted by atomic mass is 10.2. The molecule has 0 fully saturated rings. The number of carbonyl (C=O) groups excluding carboxylic acids is 1. The summed E-state index contributed by atoms with van der Waals surface area (Å²) in [4.78, 5) is 23.8. The largest absolute Gasteiger partial charge is 0.349 e. The van der Waals surface area contributed by atoms with Gasteiger partial charge >= 0.3 is 0 Å². The number of likely N-dealkylation sites (N-methyl/N-ethyl adjacent to an activating group) is 1. The Morgan fingerprint density at radius 2 is 1.65 bits per heavy atom. The van der Waals surface area contributed by atoms with Gasteiger partial charge in [0.1, 0.15) is 0 Å². The third-order valence-corrected chi connectivity index (χ3v) is 3.94. The fourth-order valence-electron chi connectivity index (χ4n) is 2.50. The van der Waals surface area contributed by atoms with Gasteiger partial charge in [-0.25, -0.2) is 9.97 Å². The third-order valence-electron chi connectivity index (χ3n) is 3.94. The number of amides is 1. The molecular formula is C20H23N5O. The van der Waals surface area contributed by atoms with E-state index in [1.165, 1.54) is 5.56 Å². The van der Waals surface area contributed by atoms with E-state index in [-0.39, 0.29) is 5.91 Å². The lowest BCUT2D eigenvalue weighted by molar-refractivity contribution is 0.0947. The minimum absolute atomic E-state index is 0.236. The van der Waals surface area contributed by atoms with Crippen LogP contribution in [-0.2, 0) is 0 Å². The van der Waals surface area contributed by atoms with Crippen molar-refractivity contribution < 1.29 is 4.79 Å². The van der Waals surface area contributed by atoms with Crippen molar-refractivity contribution in [2.75, 3.05) is 32.5 Å². The summed E-state index contributed by atoms with van der Waals surface area (Å²) in [7, 11) is 3.93. The number of hydrogen-bond acceptors (Lipinski definition) is 5. The van der Waals surface area contributed by atoms with E-state index in [1.807, 2.05) is 74.4 Å². The van der Waals surface area contributed by atoms with Crippen LogP contribution in [0.15, 0.2) is 48.5 Å². The number of nitrogens with one attached hydrogen (secondary N) is 2. The number of aromatic nitrogens is 2. The van der Waals surface area contributed by atoms with Crippen LogP contribution in [0.5, 0.6) is 0 Å². The Morgan fingerprint density at radius 3 is 2.31 bits per heavy atom. The lowest BCUT2D eigenvalue weighted by Crippen LogP contribution is -2.32. The lowest BCUT2D eigenvalue weighted by Gasteiger charge is -2.13. The number of aryl methyl sites for hydroxylation is 1. The van der Waals surface area contributed by atoms with E-state index < -0.39 is 0 Å². The summed E-state index contributed by atoms with van der Waals surface area (Å²) < 4.78 is 0. The van der Waals surface area contributed by atoms with Gasteiger partial charge in [-0.05, 0) is 45.3 Å². The predicted octanol–water partition coefficient (Wildman–Crippen LogP) is 2.97. The first-order valence-electron chi connectivity index (χ1n) is 8.56. The van der Waals surface area contributed by atoms with Gasteiger partial charge in [-0.3, -0.25) is 4.79 Å². The van der Waals surface area contributed by atoms with Crippen LogP contribution in [0.2, 0.25) is 0 Å². The monoisotopic (exact) mass is 349 g/mol. The molecule has 134 valence electrons. The quantitative estimate of drug-likeness (QED) is 0.716. The topological polar surface area (TPSA) is 70.1 Å². The fraction of sp³-hybridized carbons (Fsp3) is 0.250.